The molecule has 1 aromatic heterocycles. The predicted octanol–water partition coefficient (Wildman–Crippen LogP) is 3.02. The fourth-order valence-electron chi connectivity index (χ4n) is 1.80. The Labute approximate surface area is 129 Å². The van der Waals surface area contributed by atoms with Crippen LogP contribution in [-0.2, 0) is 10.2 Å². The average Bonchev–Trinajstić information content (AvgIpc) is 2.36. The molecule has 0 saturated carbocycles. The van der Waals surface area contributed by atoms with Crippen LogP contribution < -0.4 is 5.32 Å². The summed E-state index contributed by atoms with van der Waals surface area (Å²) in [5.74, 6) is -1.49. The zero-order valence-electron chi connectivity index (χ0n) is 12.7. The standard InChI is InChI=1S/C15H21ClN2O3/c1-5-6-10(14(20)21)17-13(19)9-7-11(15(2,3)4)18-12(16)8-9/h7-8,10H,5-6H2,1-4H3,(H,17,19)(H,20,21)/t10-/m0/s1. The summed E-state index contributed by atoms with van der Waals surface area (Å²) in [6.07, 6.45) is 1.05. The van der Waals surface area contributed by atoms with E-state index < -0.39 is 17.9 Å². The number of pyridine rings is 1. The predicted molar refractivity (Wildman–Crippen MR) is 81.7 cm³/mol. The van der Waals surface area contributed by atoms with E-state index in [9.17, 15) is 9.59 Å². The molecule has 1 atom stereocenters. The first-order valence-corrected chi connectivity index (χ1v) is 7.24. The Morgan fingerprint density at radius 1 is 1.38 bits per heavy atom. The van der Waals surface area contributed by atoms with Crippen LogP contribution in [0.1, 0.15) is 56.6 Å². The molecule has 2 N–H and O–H groups in total. The molecule has 1 rings (SSSR count). The molecule has 0 aliphatic heterocycles. The van der Waals surface area contributed by atoms with Gasteiger partial charge >= 0.3 is 5.97 Å². The van der Waals surface area contributed by atoms with E-state index in [1.165, 1.54) is 6.07 Å². The van der Waals surface area contributed by atoms with Crippen molar-refractivity contribution >= 4 is 23.5 Å². The topological polar surface area (TPSA) is 79.3 Å². The smallest absolute Gasteiger partial charge is 0.326 e. The first-order valence-electron chi connectivity index (χ1n) is 6.87. The van der Waals surface area contributed by atoms with E-state index in [1.54, 1.807) is 6.07 Å². The Balaban J connectivity index is 3.02. The molecule has 1 heterocycles. The number of hydrogen-bond acceptors (Lipinski definition) is 3. The van der Waals surface area contributed by atoms with E-state index >= 15 is 0 Å². The number of aromatic nitrogens is 1. The van der Waals surface area contributed by atoms with E-state index in [4.69, 9.17) is 16.7 Å². The molecule has 0 fully saturated rings. The monoisotopic (exact) mass is 312 g/mol. The van der Waals surface area contributed by atoms with Gasteiger partial charge in [0.25, 0.3) is 5.91 Å². The van der Waals surface area contributed by atoms with Crippen molar-refractivity contribution in [3.63, 3.8) is 0 Å². The lowest BCUT2D eigenvalue weighted by molar-refractivity contribution is -0.139. The lowest BCUT2D eigenvalue weighted by Gasteiger charge is -2.19. The second-order valence-electron chi connectivity index (χ2n) is 5.97. The number of nitrogens with one attached hydrogen (secondary N) is 1. The maximum Gasteiger partial charge on any atom is 0.326 e. The molecular formula is C15H21ClN2O3. The second-order valence-corrected chi connectivity index (χ2v) is 6.35. The lowest BCUT2D eigenvalue weighted by atomic mass is 9.91. The minimum Gasteiger partial charge on any atom is -0.480 e. The van der Waals surface area contributed by atoms with Gasteiger partial charge in [0.1, 0.15) is 11.2 Å². The molecule has 0 bridgehead atoms. The average molecular weight is 313 g/mol. The van der Waals surface area contributed by atoms with Gasteiger partial charge in [0, 0.05) is 16.7 Å². The number of aliphatic carboxylic acids is 1. The minimum atomic E-state index is -1.04. The first-order chi connectivity index (χ1) is 9.65. The lowest BCUT2D eigenvalue weighted by Crippen LogP contribution is -2.40. The van der Waals surface area contributed by atoms with Crippen molar-refractivity contribution < 1.29 is 14.7 Å². The molecule has 0 unspecified atom stereocenters. The van der Waals surface area contributed by atoms with Crippen molar-refractivity contribution in [1.82, 2.24) is 10.3 Å². The van der Waals surface area contributed by atoms with Crippen LogP contribution in [0.4, 0.5) is 0 Å². The number of hydrogen-bond donors (Lipinski definition) is 2. The molecule has 0 aromatic carbocycles. The first kappa shape index (κ1) is 17.4. The Kier molecular flexibility index (Phi) is 5.72. The van der Waals surface area contributed by atoms with Crippen LogP contribution in [0, 0.1) is 0 Å². The van der Waals surface area contributed by atoms with Crippen molar-refractivity contribution in [2.45, 2.75) is 52.0 Å². The Morgan fingerprint density at radius 3 is 2.48 bits per heavy atom. The number of nitrogens with zero attached hydrogens (tertiary/aromatic N) is 1. The minimum absolute atomic E-state index is 0.218. The van der Waals surface area contributed by atoms with Gasteiger partial charge in [-0.3, -0.25) is 4.79 Å². The number of carboxylic acid groups (broad SMARTS) is 1. The van der Waals surface area contributed by atoms with Gasteiger partial charge in [-0.15, -0.1) is 0 Å². The molecular weight excluding hydrogens is 292 g/mol. The number of carboxylic acids is 1. The fourth-order valence-corrected chi connectivity index (χ4v) is 2.01. The largest absolute Gasteiger partial charge is 0.480 e. The van der Waals surface area contributed by atoms with Gasteiger partial charge in [0.05, 0.1) is 0 Å². The highest BCUT2D eigenvalue weighted by Gasteiger charge is 2.22. The maximum atomic E-state index is 12.2. The van der Waals surface area contributed by atoms with Crippen LogP contribution >= 0.6 is 11.6 Å². The van der Waals surface area contributed by atoms with Gasteiger partial charge in [-0.25, -0.2) is 9.78 Å². The third kappa shape index (κ3) is 5.01. The highest BCUT2D eigenvalue weighted by Crippen LogP contribution is 2.23. The quantitative estimate of drug-likeness (QED) is 0.819. The third-order valence-corrected chi connectivity index (χ3v) is 3.20. The molecule has 6 heteroatoms. The Bertz CT molecular complexity index is 538. The second kappa shape index (κ2) is 6.89. The maximum absolute atomic E-state index is 12.2. The SMILES string of the molecule is CCC[C@H](NC(=O)c1cc(Cl)nc(C(C)(C)C)c1)C(=O)O. The molecule has 0 aliphatic rings. The number of halogens is 1. The summed E-state index contributed by atoms with van der Waals surface area (Å²) < 4.78 is 0. The number of carbonyl (C=O) groups excluding carboxylic acids is 1. The van der Waals surface area contributed by atoms with Crippen molar-refractivity contribution in [1.29, 1.82) is 0 Å². The summed E-state index contributed by atoms with van der Waals surface area (Å²) in [4.78, 5) is 27.5. The van der Waals surface area contributed by atoms with Crippen LogP contribution in [0.25, 0.3) is 0 Å². The molecule has 21 heavy (non-hydrogen) atoms. The highest BCUT2D eigenvalue weighted by molar-refractivity contribution is 6.29. The number of carbonyl (C=O) groups is 2. The van der Waals surface area contributed by atoms with Gasteiger partial charge in [0.15, 0.2) is 0 Å². The summed E-state index contributed by atoms with van der Waals surface area (Å²) in [5, 5.41) is 11.8. The van der Waals surface area contributed by atoms with E-state index in [0.717, 1.165) is 0 Å². The van der Waals surface area contributed by atoms with Crippen LogP contribution in [0.5, 0.6) is 0 Å². The summed E-state index contributed by atoms with van der Waals surface area (Å²) in [6.45, 7) is 7.75. The molecule has 0 saturated heterocycles. The van der Waals surface area contributed by atoms with Crippen molar-refractivity contribution in [3.8, 4) is 0 Å². The summed E-state index contributed by atoms with van der Waals surface area (Å²) in [5.41, 5.74) is 0.750. The molecule has 0 aliphatic carbocycles. The van der Waals surface area contributed by atoms with Crippen LogP contribution in [0.15, 0.2) is 12.1 Å². The van der Waals surface area contributed by atoms with Gasteiger partial charge < -0.3 is 10.4 Å². The highest BCUT2D eigenvalue weighted by atomic mass is 35.5. The zero-order valence-corrected chi connectivity index (χ0v) is 13.5. The van der Waals surface area contributed by atoms with E-state index in [2.05, 4.69) is 10.3 Å². The van der Waals surface area contributed by atoms with E-state index in [1.807, 2.05) is 27.7 Å². The van der Waals surface area contributed by atoms with Gasteiger partial charge in [-0.2, -0.15) is 0 Å². The Hall–Kier alpha value is -1.62. The fraction of sp³-hybridized carbons (Fsp3) is 0.533. The van der Waals surface area contributed by atoms with Gasteiger partial charge in [-0.1, -0.05) is 45.7 Å². The van der Waals surface area contributed by atoms with Crippen LogP contribution in [0.3, 0.4) is 0 Å². The van der Waals surface area contributed by atoms with Crippen molar-refractivity contribution in [2.24, 2.45) is 0 Å². The summed E-state index contributed by atoms with van der Waals surface area (Å²) >= 11 is 5.95. The molecule has 116 valence electrons. The molecule has 0 radical (unpaired) electrons. The van der Waals surface area contributed by atoms with Gasteiger partial charge in [0.2, 0.25) is 0 Å². The van der Waals surface area contributed by atoms with Crippen molar-refractivity contribution in [3.05, 3.63) is 28.5 Å². The van der Waals surface area contributed by atoms with Crippen molar-refractivity contribution in [2.75, 3.05) is 0 Å². The van der Waals surface area contributed by atoms with Crippen LogP contribution in [-0.4, -0.2) is 28.0 Å². The van der Waals surface area contributed by atoms with E-state index in [0.29, 0.717) is 24.1 Å². The molecule has 1 amide bonds. The molecule has 5 nitrogen and oxygen atoms in total. The summed E-state index contributed by atoms with van der Waals surface area (Å²) in [7, 11) is 0. The Morgan fingerprint density at radius 2 is 2.00 bits per heavy atom. The molecule has 0 spiro atoms. The number of rotatable bonds is 5. The molecule has 1 aromatic rings. The summed E-state index contributed by atoms with van der Waals surface area (Å²) in [6, 6.07) is 2.19. The third-order valence-electron chi connectivity index (χ3n) is 3.01. The van der Waals surface area contributed by atoms with Gasteiger partial charge in [-0.05, 0) is 18.6 Å². The zero-order chi connectivity index (χ0) is 16.2. The normalized spacial score (nSPS) is 12.8. The van der Waals surface area contributed by atoms with E-state index in [-0.39, 0.29) is 10.6 Å². The van der Waals surface area contributed by atoms with Crippen LogP contribution in [0.2, 0.25) is 5.15 Å². The number of amides is 1.